The van der Waals surface area contributed by atoms with Crippen LogP contribution in [0.3, 0.4) is 0 Å². The van der Waals surface area contributed by atoms with Gasteiger partial charge >= 0.3 is 23.9 Å². The highest BCUT2D eigenvalue weighted by atomic mass is 16.6. The smallest absolute Gasteiger partial charge is 0.325 e. The fourth-order valence-electron chi connectivity index (χ4n) is 2.31. The predicted molar refractivity (Wildman–Crippen MR) is 116 cm³/mol. The van der Waals surface area contributed by atoms with E-state index < -0.39 is 35.7 Å². The number of aliphatic imine (C=N–C) groups is 2. The number of rotatable bonds is 12. The number of ether oxygens (including phenoxy) is 4. The third-order valence-electron chi connectivity index (χ3n) is 3.76. The number of nitrogens with zero attached hydrogens (tertiary/aromatic N) is 2. The molecule has 0 spiro atoms. The van der Waals surface area contributed by atoms with Gasteiger partial charge in [-0.25, -0.2) is 0 Å². The molecule has 0 aliphatic carbocycles. The van der Waals surface area contributed by atoms with Crippen molar-refractivity contribution in [2.75, 3.05) is 26.4 Å². The molecule has 0 radical (unpaired) electrons. The lowest BCUT2D eigenvalue weighted by molar-refractivity contribution is -0.159. The minimum Gasteiger partial charge on any atom is -0.465 e. The summed E-state index contributed by atoms with van der Waals surface area (Å²) in [5.41, 5.74) is 0.879. The van der Waals surface area contributed by atoms with E-state index in [1.54, 1.807) is 52.0 Å². The molecule has 0 amide bonds. The molecule has 0 fully saturated rings. The molecule has 10 heteroatoms. The van der Waals surface area contributed by atoms with Crippen LogP contribution in [0.5, 0.6) is 0 Å². The van der Waals surface area contributed by atoms with Crippen molar-refractivity contribution in [2.24, 2.45) is 21.8 Å². The Labute approximate surface area is 186 Å². The Hall–Kier alpha value is -3.56. The number of hydrogen-bond acceptors (Lipinski definition) is 10. The number of esters is 4. The molecule has 10 nitrogen and oxygen atoms in total. The predicted octanol–water partition coefficient (Wildman–Crippen LogP) is 2.58. The zero-order valence-electron chi connectivity index (χ0n) is 18.6. The van der Waals surface area contributed by atoms with Gasteiger partial charge in [-0.1, -0.05) is 0 Å². The summed E-state index contributed by atoms with van der Waals surface area (Å²) in [5, 5.41) is 0. The molecule has 0 N–H and O–H groups in total. The first-order valence-electron chi connectivity index (χ1n) is 10.2. The topological polar surface area (TPSA) is 130 Å². The van der Waals surface area contributed by atoms with Gasteiger partial charge in [-0.15, -0.1) is 0 Å². The summed E-state index contributed by atoms with van der Waals surface area (Å²) < 4.78 is 19.5. The van der Waals surface area contributed by atoms with Crippen LogP contribution in [0.4, 0.5) is 11.4 Å². The Bertz CT molecular complexity index is 728. The van der Waals surface area contributed by atoms with E-state index in [0.717, 1.165) is 12.4 Å². The quantitative estimate of drug-likeness (QED) is 0.206. The van der Waals surface area contributed by atoms with E-state index in [2.05, 4.69) is 9.98 Å². The molecule has 1 rings (SSSR count). The third kappa shape index (κ3) is 8.66. The number of carbonyl (C=O) groups excluding carboxylic acids is 4. The fourth-order valence-corrected chi connectivity index (χ4v) is 2.31. The van der Waals surface area contributed by atoms with Gasteiger partial charge in [0.2, 0.25) is 0 Å². The first kappa shape index (κ1) is 26.5. The summed E-state index contributed by atoms with van der Waals surface area (Å²) in [7, 11) is 0. The molecule has 174 valence electrons. The zero-order valence-corrected chi connectivity index (χ0v) is 18.6. The molecular formula is C22H28N2O8. The standard InChI is InChI=1S/C22H28N2O8/c1-5-29-19(25)17(20(26)30-6-2)13-23-15-9-11-16(12-10-15)24-14-18(21(27)31-7-3)22(28)32-8-4/h9-14,17-18H,5-8H2,1-4H3. The fraction of sp³-hybridized carbons (Fsp3) is 0.455. The molecule has 32 heavy (non-hydrogen) atoms. The van der Waals surface area contributed by atoms with Crippen molar-refractivity contribution < 1.29 is 38.1 Å². The summed E-state index contributed by atoms with van der Waals surface area (Å²) in [5.74, 6) is -5.55. The number of hydrogen-bond donors (Lipinski definition) is 0. The maximum atomic E-state index is 12.0. The van der Waals surface area contributed by atoms with Crippen molar-refractivity contribution in [2.45, 2.75) is 27.7 Å². The first-order valence-corrected chi connectivity index (χ1v) is 10.2. The van der Waals surface area contributed by atoms with Crippen LogP contribution in [0.25, 0.3) is 0 Å². The molecule has 0 saturated heterocycles. The van der Waals surface area contributed by atoms with Crippen molar-refractivity contribution in [3.8, 4) is 0 Å². The van der Waals surface area contributed by atoms with E-state index in [9.17, 15) is 19.2 Å². The minimum absolute atomic E-state index is 0.119. The average Bonchev–Trinajstić information content (AvgIpc) is 2.76. The zero-order chi connectivity index (χ0) is 23.9. The van der Waals surface area contributed by atoms with Crippen molar-refractivity contribution in [1.82, 2.24) is 0 Å². The van der Waals surface area contributed by atoms with Gasteiger partial charge in [0.1, 0.15) is 0 Å². The highest BCUT2D eigenvalue weighted by Crippen LogP contribution is 2.19. The van der Waals surface area contributed by atoms with Crippen LogP contribution in [-0.4, -0.2) is 62.7 Å². The van der Waals surface area contributed by atoms with Gasteiger partial charge in [-0.05, 0) is 52.0 Å². The van der Waals surface area contributed by atoms with Crippen LogP contribution in [0.1, 0.15) is 27.7 Å². The lowest BCUT2D eigenvalue weighted by Crippen LogP contribution is -2.29. The molecule has 0 unspecified atom stereocenters. The first-order chi connectivity index (χ1) is 15.4. The van der Waals surface area contributed by atoms with Gasteiger partial charge in [-0.3, -0.25) is 29.2 Å². The molecule has 1 aromatic rings. The van der Waals surface area contributed by atoms with Crippen LogP contribution in [-0.2, 0) is 38.1 Å². The van der Waals surface area contributed by atoms with Gasteiger partial charge in [0.15, 0.2) is 11.8 Å². The molecular weight excluding hydrogens is 420 g/mol. The molecule has 0 atom stereocenters. The second-order valence-electron chi connectivity index (χ2n) is 6.04. The van der Waals surface area contributed by atoms with E-state index in [1.807, 2.05) is 0 Å². The molecule has 0 bridgehead atoms. The summed E-state index contributed by atoms with van der Waals surface area (Å²) in [6.07, 6.45) is 2.32. The maximum absolute atomic E-state index is 12.0. The lowest BCUT2D eigenvalue weighted by atomic mass is 10.1. The van der Waals surface area contributed by atoms with Gasteiger partial charge in [0.25, 0.3) is 0 Å². The molecule has 0 heterocycles. The largest absolute Gasteiger partial charge is 0.465 e. The normalized spacial score (nSPS) is 11.2. The Morgan fingerprint density at radius 2 is 0.875 bits per heavy atom. The second kappa shape index (κ2) is 14.4. The summed E-state index contributed by atoms with van der Waals surface area (Å²) in [4.78, 5) is 56.2. The van der Waals surface area contributed by atoms with Crippen LogP contribution in [0.2, 0.25) is 0 Å². The van der Waals surface area contributed by atoms with Gasteiger partial charge in [-0.2, -0.15) is 0 Å². The van der Waals surface area contributed by atoms with Crippen LogP contribution >= 0.6 is 0 Å². The Kier molecular flexibility index (Phi) is 12.0. The molecule has 0 aliphatic heterocycles. The van der Waals surface area contributed by atoms with Gasteiger partial charge in [0.05, 0.1) is 37.8 Å². The van der Waals surface area contributed by atoms with Crippen molar-refractivity contribution in [1.29, 1.82) is 0 Å². The van der Waals surface area contributed by atoms with E-state index >= 15 is 0 Å². The van der Waals surface area contributed by atoms with E-state index in [4.69, 9.17) is 18.9 Å². The molecule has 0 aliphatic rings. The van der Waals surface area contributed by atoms with Crippen LogP contribution < -0.4 is 0 Å². The number of carbonyl (C=O) groups is 4. The average molecular weight is 448 g/mol. The summed E-state index contributed by atoms with van der Waals surface area (Å²) in [6.45, 7) is 7.00. The van der Waals surface area contributed by atoms with E-state index in [-0.39, 0.29) is 26.4 Å². The van der Waals surface area contributed by atoms with Crippen LogP contribution in [0.15, 0.2) is 34.3 Å². The Morgan fingerprint density at radius 3 is 1.09 bits per heavy atom. The maximum Gasteiger partial charge on any atom is 0.325 e. The number of benzene rings is 1. The molecule has 1 aromatic carbocycles. The summed E-state index contributed by atoms with van der Waals surface area (Å²) >= 11 is 0. The molecule has 0 saturated carbocycles. The monoisotopic (exact) mass is 448 g/mol. The minimum atomic E-state index is -1.28. The van der Waals surface area contributed by atoms with Crippen molar-refractivity contribution >= 4 is 47.7 Å². The van der Waals surface area contributed by atoms with Gasteiger partial charge < -0.3 is 18.9 Å². The lowest BCUT2D eigenvalue weighted by Gasteiger charge is -2.10. The second-order valence-corrected chi connectivity index (χ2v) is 6.04. The van der Waals surface area contributed by atoms with E-state index in [0.29, 0.717) is 11.4 Å². The Morgan fingerprint density at radius 1 is 0.625 bits per heavy atom. The van der Waals surface area contributed by atoms with Crippen molar-refractivity contribution in [3.63, 3.8) is 0 Å². The Balaban J connectivity index is 2.95. The summed E-state index contributed by atoms with van der Waals surface area (Å²) in [6, 6.07) is 6.33. The van der Waals surface area contributed by atoms with E-state index in [1.165, 1.54) is 0 Å². The highest BCUT2D eigenvalue weighted by molar-refractivity contribution is 6.10. The highest BCUT2D eigenvalue weighted by Gasteiger charge is 2.28. The van der Waals surface area contributed by atoms with Gasteiger partial charge in [0, 0.05) is 12.4 Å². The SMILES string of the molecule is CCOC(=O)C(C=Nc1ccc(N=CC(C(=O)OCC)C(=O)OCC)cc1)C(=O)OCC. The van der Waals surface area contributed by atoms with Crippen LogP contribution in [0, 0.1) is 11.8 Å². The van der Waals surface area contributed by atoms with Crippen molar-refractivity contribution in [3.05, 3.63) is 24.3 Å². The molecule has 0 aromatic heterocycles. The third-order valence-corrected chi connectivity index (χ3v) is 3.76.